The Morgan fingerprint density at radius 2 is 1.06 bits per heavy atom. The van der Waals surface area contributed by atoms with Gasteiger partial charge >= 0.3 is 0 Å². The summed E-state index contributed by atoms with van der Waals surface area (Å²) >= 11 is 0. The first-order valence-electron chi connectivity index (χ1n) is 11.0. The van der Waals surface area contributed by atoms with Crippen molar-refractivity contribution in [3.63, 3.8) is 0 Å². The maximum Gasteiger partial charge on any atom is 0.0282 e. The molecular formula is C31H24. The summed E-state index contributed by atoms with van der Waals surface area (Å²) in [6, 6.07) is 35.1. The lowest BCUT2D eigenvalue weighted by molar-refractivity contribution is 0.988. The predicted octanol–water partition coefficient (Wildman–Crippen LogP) is 8.22. The van der Waals surface area contributed by atoms with Crippen molar-refractivity contribution in [3.8, 4) is 22.3 Å². The van der Waals surface area contributed by atoms with E-state index in [1.807, 2.05) is 0 Å². The van der Waals surface area contributed by atoms with Gasteiger partial charge in [0.2, 0.25) is 0 Å². The number of benzene rings is 4. The Labute approximate surface area is 184 Å². The van der Waals surface area contributed by atoms with Gasteiger partial charge in [-0.3, -0.25) is 0 Å². The van der Waals surface area contributed by atoms with E-state index in [2.05, 4.69) is 122 Å². The SMILES string of the molecule is CC1=Cc2c(-c3ccccc3)cccc2C1/C=C/C1c2ccccc2-c2ccccc21. The van der Waals surface area contributed by atoms with Crippen molar-refractivity contribution >= 4 is 6.08 Å². The van der Waals surface area contributed by atoms with Crippen LogP contribution in [-0.4, -0.2) is 0 Å². The van der Waals surface area contributed by atoms with Gasteiger partial charge in [0.1, 0.15) is 0 Å². The van der Waals surface area contributed by atoms with Gasteiger partial charge in [-0.25, -0.2) is 0 Å². The molecule has 0 nitrogen and oxygen atoms in total. The molecule has 0 fully saturated rings. The summed E-state index contributed by atoms with van der Waals surface area (Å²) in [7, 11) is 0. The summed E-state index contributed by atoms with van der Waals surface area (Å²) in [5.74, 6) is 0.653. The molecule has 1 atom stereocenters. The van der Waals surface area contributed by atoms with Crippen LogP contribution in [0, 0.1) is 0 Å². The third-order valence-corrected chi connectivity index (χ3v) is 6.80. The number of hydrogen-bond acceptors (Lipinski definition) is 0. The molecule has 2 aliphatic rings. The third-order valence-electron chi connectivity index (χ3n) is 6.80. The molecule has 0 radical (unpaired) electrons. The molecule has 0 aromatic heterocycles. The van der Waals surface area contributed by atoms with Gasteiger partial charge < -0.3 is 0 Å². The highest BCUT2D eigenvalue weighted by molar-refractivity contribution is 5.83. The van der Waals surface area contributed by atoms with Crippen LogP contribution in [-0.2, 0) is 0 Å². The van der Waals surface area contributed by atoms with Crippen LogP contribution in [0.4, 0.5) is 0 Å². The molecule has 31 heavy (non-hydrogen) atoms. The fourth-order valence-corrected chi connectivity index (χ4v) is 5.33. The topological polar surface area (TPSA) is 0 Å². The van der Waals surface area contributed by atoms with Gasteiger partial charge in [-0.1, -0.05) is 121 Å². The molecular weight excluding hydrogens is 372 g/mol. The van der Waals surface area contributed by atoms with Crippen LogP contribution in [0.3, 0.4) is 0 Å². The van der Waals surface area contributed by atoms with Crippen LogP contribution >= 0.6 is 0 Å². The minimum Gasteiger partial charge on any atom is -0.0760 e. The Morgan fingerprint density at radius 3 is 1.77 bits per heavy atom. The lowest BCUT2D eigenvalue weighted by Gasteiger charge is -2.14. The molecule has 0 heteroatoms. The van der Waals surface area contributed by atoms with Crippen LogP contribution in [0.1, 0.15) is 41.0 Å². The van der Waals surface area contributed by atoms with Crippen molar-refractivity contribution in [2.45, 2.75) is 18.8 Å². The Balaban J connectivity index is 1.40. The van der Waals surface area contributed by atoms with Crippen molar-refractivity contribution < 1.29 is 0 Å². The molecule has 1 unspecified atom stereocenters. The van der Waals surface area contributed by atoms with Gasteiger partial charge in [0.25, 0.3) is 0 Å². The minimum absolute atomic E-state index is 0.321. The molecule has 0 saturated carbocycles. The molecule has 0 saturated heterocycles. The first-order chi connectivity index (χ1) is 15.3. The number of allylic oxidation sites excluding steroid dienone is 3. The fraction of sp³-hybridized carbons (Fsp3) is 0.0968. The van der Waals surface area contributed by atoms with Crippen molar-refractivity contribution in [1.82, 2.24) is 0 Å². The second-order valence-electron chi connectivity index (χ2n) is 8.58. The lowest BCUT2D eigenvalue weighted by Crippen LogP contribution is -1.97. The molecule has 4 aromatic carbocycles. The van der Waals surface area contributed by atoms with E-state index in [1.165, 1.54) is 50.1 Å². The van der Waals surface area contributed by atoms with E-state index in [9.17, 15) is 0 Å². The standard InChI is InChI=1S/C31H24/c1-21-20-31-24(22-10-3-2-4-11-22)16-9-17-25(31)23(21)18-19-30-28-14-7-5-12-26(28)27-13-6-8-15-29(27)30/h2-20,23,30H,1H3/b19-18+. The monoisotopic (exact) mass is 396 g/mol. The quantitative estimate of drug-likeness (QED) is 0.306. The van der Waals surface area contributed by atoms with Crippen molar-refractivity contribution in [2.24, 2.45) is 0 Å². The van der Waals surface area contributed by atoms with E-state index < -0.39 is 0 Å². The summed E-state index contributed by atoms with van der Waals surface area (Å²) in [5, 5.41) is 0. The largest absolute Gasteiger partial charge is 0.0760 e. The van der Waals surface area contributed by atoms with Gasteiger partial charge in [-0.05, 0) is 51.4 Å². The fourth-order valence-electron chi connectivity index (χ4n) is 5.33. The summed E-state index contributed by atoms with van der Waals surface area (Å²) in [6.45, 7) is 2.26. The van der Waals surface area contributed by atoms with Crippen LogP contribution in [0.2, 0.25) is 0 Å². The van der Waals surface area contributed by atoms with E-state index in [0.717, 1.165) is 0 Å². The summed E-state index contributed by atoms with van der Waals surface area (Å²) < 4.78 is 0. The predicted molar refractivity (Wildman–Crippen MR) is 131 cm³/mol. The zero-order valence-corrected chi connectivity index (χ0v) is 17.6. The molecule has 148 valence electrons. The lowest BCUT2D eigenvalue weighted by atomic mass is 9.89. The summed E-state index contributed by atoms with van der Waals surface area (Å²) in [6.07, 6.45) is 7.23. The summed E-state index contributed by atoms with van der Waals surface area (Å²) in [5.41, 5.74) is 12.4. The number of fused-ring (bicyclic) bond motifs is 4. The average Bonchev–Trinajstić information content (AvgIpc) is 3.32. The Kier molecular flexibility index (Phi) is 4.25. The highest BCUT2D eigenvalue weighted by Gasteiger charge is 2.27. The molecule has 0 aliphatic heterocycles. The molecule has 0 spiro atoms. The number of rotatable bonds is 3. The average molecular weight is 397 g/mol. The van der Waals surface area contributed by atoms with Gasteiger partial charge in [-0.2, -0.15) is 0 Å². The van der Waals surface area contributed by atoms with Crippen molar-refractivity contribution in [3.05, 3.63) is 137 Å². The van der Waals surface area contributed by atoms with Crippen LogP contribution in [0.15, 0.2) is 115 Å². The maximum atomic E-state index is 2.43. The minimum atomic E-state index is 0.321. The first-order valence-corrected chi connectivity index (χ1v) is 11.0. The summed E-state index contributed by atoms with van der Waals surface area (Å²) in [4.78, 5) is 0. The first kappa shape index (κ1) is 18.2. The zero-order valence-electron chi connectivity index (χ0n) is 17.6. The van der Waals surface area contributed by atoms with E-state index in [4.69, 9.17) is 0 Å². The normalized spacial score (nSPS) is 16.8. The Morgan fingerprint density at radius 1 is 0.516 bits per heavy atom. The molecule has 6 rings (SSSR count). The van der Waals surface area contributed by atoms with Gasteiger partial charge in [-0.15, -0.1) is 0 Å². The van der Waals surface area contributed by atoms with Crippen molar-refractivity contribution in [1.29, 1.82) is 0 Å². The maximum absolute atomic E-state index is 2.43. The zero-order chi connectivity index (χ0) is 20.8. The second-order valence-corrected chi connectivity index (χ2v) is 8.58. The molecule has 0 bridgehead atoms. The Bertz CT molecular complexity index is 1290. The molecule has 0 heterocycles. The van der Waals surface area contributed by atoms with E-state index in [0.29, 0.717) is 11.8 Å². The third kappa shape index (κ3) is 2.91. The number of hydrogen-bond donors (Lipinski definition) is 0. The Hall–Kier alpha value is -3.64. The van der Waals surface area contributed by atoms with E-state index in [-0.39, 0.29) is 0 Å². The second kappa shape index (κ2) is 7.25. The van der Waals surface area contributed by atoms with Gasteiger partial charge in [0, 0.05) is 11.8 Å². The van der Waals surface area contributed by atoms with Crippen LogP contribution in [0.25, 0.3) is 28.3 Å². The molecule has 0 N–H and O–H groups in total. The molecule has 4 aromatic rings. The van der Waals surface area contributed by atoms with E-state index in [1.54, 1.807) is 0 Å². The van der Waals surface area contributed by atoms with E-state index >= 15 is 0 Å². The van der Waals surface area contributed by atoms with Gasteiger partial charge in [0.05, 0.1) is 0 Å². The highest BCUT2D eigenvalue weighted by Crippen LogP contribution is 2.47. The smallest absolute Gasteiger partial charge is 0.0282 e. The molecule has 0 amide bonds. The van der Waals surface area contributed by atoms with Gasteiger partial charge in [0.15, 0.2) is 0 Å². The highest BCUT2D eigenvalue weighted by atomic mass is 14.3. The van der Waals surface area contributed by atoms with Crippen LogP contribution < -0.4 is 0 Å². The van der Waals surface area contributed by atoms with Crippen molar-refractivity contribution in [2.75, 3.05) is 0 Å². The van der Waals surface area contributed by atoms with Crippen LogP contribution in [0.5, 0.6) is 0 Å². The molecule has 2 aliphatic carbocycles.